The molecule has 0 bridgehead atoms. The van der Waals surface area contributed by atoms with Gasteiger partial charge in [-0.2, -0.15) is 9.36 Å². The largest absolute Gasteiger partial charge is 0.519 e. The number of anilines is 1. The van der Waals surface area contributed by atoms with Gasteiger partial charge in [0.05, 0.1) is 6.04 Å². The zero-order chi connectivity index (χ0) is 33.6. The van der Waals surface area contributed by atoms with E-state index in [4.69, 9.17) is 19.3 Å². The number of carboxylic acids is 1. The number of carbonyl (C=O) groups excluding carboxylic acids is 4. The highest BCUT2D eigenvalue weighted by Crippen LogP contribution is 2.41. The van der Waals surface area contributed by atoms with Gasteiger partial charge in [-0.05, 0) is 36.8 Å². The van der Waals surface area contributed by atoms with Crippen molar-refractivity contribution in [2.24, 2.45) is 5.16 Å². The third-order valence-electron chi connectivity index (χ3n) is 8.03. The second-order valence-corrected chi connectivity index (χ2v) is 12.6. The van der Waals surface area contributed by atoms with Crippen molar-refractivity contribution < 1.29 is 47.9 Å². The van der Waals surface area contributed by atoms with E-state index >= 15 is 0 Å². The fraction of sp³-hybridized carbons (Fsp3) is 0.423. The maximum absolute atomic E-state index is 13.4. The molecule has 4 amide bonds. The lowest BCUT2D eigenvalue weighted by atomic mass is 9.96. The predicted molar refractivity (Wildman–Crippen MR) is 159 cm³/mol. The molecule has 4 aliphatic heterocycles. The van der Waals surface area contributed by atoms with Gasteiger partial charge in [-0.25, -0.2) is 14.4 Å². The smallest absolute Gasteiger partial charge is 0.479 e. The maximum Gasteiger partial charge on any atom is 0.519 e. The number of aryl methyl sites for hydroxylation is 1. The number of β-lactam (4-membered cyclic amide) rings is 1. The summed E-state index contributed by atoms with van der Waals surface area (Å²) in [4.78, 5) is 83.3. The molecule has 0 aromatic carbocycles. The zero-order valence-corrected chi connectivity index (χ0v) is 26.0. The molecule has 4 aliphatic rings. The second kappa shape index (κ2) is 12.5. The minimum atomic E-state index is -1.41. The van der Waals surface area contributed by atoms with Crippen LogP contribution in [0.15, 0.2) is 41.4 Å². The number of carbonyl (C=O) groups is 5. The minimum absolute atomic E-state index is 0.0308. The van der Waals surface area contributed by atoms with Gasteiger partial charge in [0.25, 0.3) is 5.91 Å². The molecule has 3 fully saturated rings. The Bertz CT molecular complexity index is 1810. The maximum atomic E-state index is 13.4. The van der Waals surface area contributed by atoms with Crippen molar-refractivity contribution >= 4 is 63.9 Å². The van der Waals surface area contributed by atoms with Crippen molar-refractivity contribution in [1.82, 2.24) is 29.4 Å². The van der Waals surface area contributed by atoms with E-state index in [0.717, 1.165) is 28.2 Å². The molecule has 0 aliphatic carbocycles. The lowest BCUT2D eigenvalue weighted by Crippen LogP contribution is -2.74. The number of amides is 4. The van der Waals surface area contributed by atoms with Crippen LogP contribution in [-0.4, -0.2) is 113 Å². The second-order valence-electron chi connectivity index (χ2n) is 10.8. The zero-order valence-electron chi connectivity index (χ0n) is 24.4. The highest BCUT2D eigenvalue weighted by atomic mass is 32.2. The molecule has 21 heteroatoms. The van der Waals surface area contributed by atoms with Crippen LogP contribution in [0.2, 0.25) is 0 Å². The van der Waals surface area contributed by atoms with Crippen molar-refractivity contribution in [1.29, 1.82) is 0 Å². The van der Waals surface area contributed by atoms with Crippen LogP contribution >= 0.6 is 23.3 Å². The van der Waals surface area contributed by atoms with Crippen LogP contribution in [0.3, 0.4) is 0 Å². The Balaban J connectivity index is 1.08. The summed E-state index contributed by atoms with van der Waals surface area (Å²) in [6.07, 6.45) is 1.65. The number of nitrogens with zero attached hydrogens (tertiary/aromatic N) is 6. The number of aliphatic carboxylic acids is 1. The van der Waals surface area contributed by atoms with Crippen molar-refractivity contribution in [3.05, 3.63) is 50.6 Å². The Labute approximate surface area is 271 Å². The number of ether oxygens (including phenoxy) is 1. The van der Waals surface area contributed by atoms with Crippen molar-refractivity contribution in [3.8, 4) is 0 Å². The number of likely N-dealkylation sites (tertiary alicyclic amines) is 2. The highest BCUT2D eigenvalue weighted by molar-refractivity contribution is 8.03. The number of oxime groups is 1. The number of rotatable bonds is 8. The first-order valence-electron chi connectivity index (χ1n) is 14.0. The molecule has 248 valence electrons. The lowest BCUT2D eigenvalue weighted by Gasteiger charge is -2.51. The van der Waals surface area contributed by atoms with Gasteiger partial charge in [0.2, 0.25) is 23.4 Å². The molecular formula is C26H26N8O11S2. The van der Waals surface area contributed by atoms with Gasteiger partial charge in [0, 0.05) is 36.7 Å². The van der Waals surface area contributed by atoms with Crippen LogP contribution in [-0.2, 0) is 30.5 Å². The number of aromatic nitrogens is 2. The molecule has 19 nitrogen and oxygen atoms in total. The first-order valence-corrected chi connectivity index (χ1v) is 15.7. The molecule has 6 heterocycles. The SMILES string of the molecule is Cc1oc(=O)oc1COC(=O)N1CC[C@@H](N2CCC(=CC3=CS[C@@H]4[C@H](NC(=O)/C(=N\O)c5nsc(N)n5)C(=O)N4C3C(=O)O)C2=O)C1. The van der Waals surface area contributed by atoms with Crippen LogP contribution in [0.25, 0.3) is 0 Å². The van der Waals surface area contributed by atoms with E-state index in [1.54, 1.807) is 4.90 Å². The summed E-state index contributed by atoms with van der Waals surface area (Å²) in [6.45, 7) is 2.12. The molecule has 2 aromatic rings. The first kappa shape index (κ1) is 31.8. The number of nitrogens with one attached hydrogen (secondary N) is 1. The van der Waals surface area contributed by atoms with E-state index in [0.29, 0.717) is 31.5 Å². The summed E-state index contributed by atoms with van der Waals surface area (Å²) >= 11 is 1.87. The fourth-order valence-electron chi connectivity index (χ4n) is 5.72. The predicted octanol–water partition coefficient (Wildman–Crippen LogP) is -0.540. The van der Waals surface area contributed by atoms with Crippen LogP contribution in [0.4, 0.5) is 9.93 Å². The number of carboxylic acid groups (broad SMARTS) is 1. The molecule has 3 saturated heterocycles. The first-order chi connectivity index (χ1) is 22.5. The Morgan fingerprint density at radius 3 is 2.70 bits per heavy atom. The van der Waals surface area contributed by atoms with E-state index in [1.165, 1.54) is 23.3 Å². The summed E-state index contributed by atoms with van der Waals surface area (Å²) in [5, 5.41) is 25.5. The molecule has 5 N–H and O–H groups in total. The lowest BCUT2D eigenvalue weighted by molar-refractivity contribution is -0.159. The summed E-state index contributed by atoms with van der Waals surface area (Å²) in [6, 6.07) is -2.84. The van der Waals surface area contributed by atoms with E-state index in [9.17, 15) is 39.1 Å². The molecule has 2 aromatic heterocycles. The number of fused-ring (bicyclic) bond motifs is 1. The highest BCUT2D eigenvalue weighted by Gasteiger charge is 2.56. The molecule has 4 atom stereocenters. The summed E-state index contributed by atoms with van der Waals surface area (Å²) in [7, 11) is 0. The van der Waals surface area contributed by atoms with Crippen LogP contribution in [0.1, 0.15) is 30.2 Å². The van der Waals surface area contributed by atoms with Gasteiger partial charge >= 0.3 is 17.9 Å². The fourth-order valence-corrected chi connectivity index (χ4v) is 7.35. The molecule has 47 heavy (non-hydrogen) atoms. The van der Waals surface area contributed by atoms with E-state index in [2.05, 4.69) is 19.8 Å². The molecule has 0 saturated carbocycles. The molecule has 1 unspecified atom stereocenters. The average molecular weight is 691 g/mol. The Hall–Kier alpha value is -5.18. The summed E-state index contributed by atoms with van der Waals surface area (Å²) < 4.78 is 18.6. The monoisotopic (exact) mass is 690 g/mol. The number of thioether (sulfide) groups is 1. The van der Waals surface area contributed by atoms with E-state index in [-0.39, 0.29) is 53.2 Å². The Morgan fingerprint density at radius 1 is 1.26 bits per heavy atom. The quantitative estimate of drug-likeness (QED) is 0.0891. The van der Waals surface area contributed by atoms with Gasteiger partial charge < -0.3 is 49.6 Å². The van der Waals surface area contributed by atoms with Crippen molar-refractivity contribution in [2.45, 2.75) is 49.9 Å². The Morgan fingerprint density at radius 2 is 2.04 bits per heavy atom. The topological polar surface area (TPSA) is 264 Å². The number of hydrogen-bond acceptors (Lipinski definition) is 16. The molecule has 0 spiro atoms. The minimum Gasteiger partial charge on any atom is -0.479 e. The van der Waals surface area contributed by atoms with Gasteiger partial charge in [0.1, 0.15) is 11.4 Å². The summed E-state index contributed by atoms with van der Waals surface area (Å²) in [5.74, 6) is -4.10. The number of nitrogens with two attached hydrogens (primary N) is 1. The van der Waals surface area contributed by atoms with Crippen LogP contribution in [0, 0.1) is 6.92 Å². The van der Waals surface area contributed by atoms with Gasteiger partial charge in [0.15, 0.2) is 29.3 Å². The average Bonchev–Trinajstić information content (AvgIpc) is 3.83. The van der Waals surface area contributed by atoms with Gasteiger partial charge in [-0.1, -0.05) is 5.16 Å². The molecule has 0 radical (unpaired) electrons. The van der Waals surface area contributed by atoms with Crippen LogP contribution in [0.5, 0.6) is 0 Å². The van der Waals surface area contributed by atoms with Gasteiger partial charge in [-0.15, -0.1) is 11.8 Å². The Kier molecular flexibility index (Phi) is 8.49. The van der Waals surface area contributed by atoms with Crippen LogP contribution < -0.4 is 16.9 Å². The third-order valence-corrected chi connectivity index (χ3v) is 9.76. The molecular weight excluding hydrogens is 664 g/mol. The molecule has 6 rings (SSSR count). The van der Waals surface area contributed by atoms with Crippen molar-refractivity contribution in [3.63, 3.8) is 0 Å². The summed E-state index contributed by atoms with van der Waals surface area (Å²) in [5.41, 5.74) is 5.53. The van der Waals surface area contributed by atoms with Crippen molar-refractivity contribution in [2.75, 3.05) is 25.4 Å². The van der Waals surface area contributed by atoms with E-state index in [1.807, 2.05) is 0 Å². The third kappa shape index (κ3) is 5.93. The standard InChI is InChI=1S/C26H26N8O11S2/c1-10-14(45-26(41)44-10)8-43-25(40)32-4-3-13(7-32)33-5-2-11(20(33)36)6-12-9-46-22-16(21(37)34(22)17(12)23(38)39)28-19(35)15(30-42)18-29-24(27)47-31-18/h6,9,13,16-17,22,42H,2-5,7-8H2,1H3,(H,28,35)(H,38,39)(H2,27,29,31)/b11-6?,30-15-/t13-,16-,17?,22-/m1/s1. The van der Waals surface area contributed by atoms with E-state index < -0.39 is 52.9 Å². The number of nitrogen functional groups attached to an aromatic ring is 1. The normalized spacial score (nSPS) is 25.1. The van der Waals surface area contributed by atoms with Gasteiger partial charge in [-0.3, -0.25) is 14.4 Å². The number of hydrogen-bond donors (Lipinski definition) is 4.